The number of fused-ring (bicyclic) bond motifs is 1. The van der Waals surface area contributed by atoms with Gasteiger partial charge in [-0.05, 0) is 61.5 Å². The first-order valence-electron chi connectivity index (χ1n) is 12.6. The summed E-state index contributed by atoms with van der Waals surface area (Å²) in [5.74, 6) is -1.35. The minimum Gasteiger partial charge on any atom is -0.349 e. The van der Waals surface area contributed by atoms with Gasteiger partial charge < -0.3 is 9.88 Å². The van der Waals surface area contributed by atoms with Gasteiger partial charge in [-0.3, -0.25) is 14.6 Å². The number of carbonyl (C=O) groups excluding carboxylic acids is 2. The second-order valence-corrected chi connectivity index (χ2v) is 9.23. The highest BCUT2D eigenvalue weighted by Crippen LogP contribution is 2.24. The summed E-state index contributed by atoms with van der Waals surface area (Å²) < 4.78 is 71.6. The van der Waals surface area contributed by atoms with Crippen LogP contribution in [0.15, 0.2) is 79.1 Å². The predicted molar refractivity (Wildman–Crippen MR) is 145 cm³/mol. The van der Waals surface area contributed by atoms with Crippen LogP contribution in [0.5, 0.6) is 0 Å². The van der Waals surface area contributed by atoms with Crippen molar-refractivity contribution >= 4 is 22.6 Å². The van der Waals surface area contributed by atoms with Crippen molar-refractivity contribution < 1.29 is 35.9 Å². The molecule has 2 aromatic carbocycles. The highest BCUT2D eigenvalue weighted by atomic mass is 19.4. The van der Waals surface area contributed by atoms with Gasteiger partial charge in [-0.2, -0.15) is 13.2 Å². The smallest absolute Gasteiger partial charge is 0.349 e. The van der Waals surface area contributed by atoms with Gasteiger partial charge in [0, 0.05) is 43.0 Å². The Kier molecular flexibility index (Phi) is 12.6. The normalized spacial score (nSPS) is 11.0. The number of rotatable bonds is 8. The number of nitrogens with zero attached hydrogens (tertiary/aromatic N) is 2. The summed E-state index contributed by atoms with van der Waals surface area (Å²) in [6.45, 7) is 1.27. The van der Waals surface area contributed by atoms with Gasteiger partial charge in [0.1, 0.15) is 5.69 Å². The summed E-state index contributed by atoms with van der Waals surface area (Å²) in [7, 11) is 0. The van der Waals surface area contributed by atoms with Gasteiger partial charge in [-0.1, -0.05) is 42.5 Å². The van der Waals surface area contributed by atoms with E-state index in [1.165, 1.54) is 6.07 Å². The van der Waals surface area contributed by atoms with E-state index in [0.29, 0.717) is 11.1 Å². The van der Waals surface area contributed by atoms with Crippen LogP contribution in [0.25, 0.3) is 10.9 Å². The molecule has 220 valence electrons. The van der Waals surface area contributed by atoms with E-state index in [1.54, 1.807) is 6.07 Å². The molecule has 0 bridgehead atoms. The Morgan fingerprint density at radius 2 is 1.51 bits per heavy atom. The number of aryl methyl sites for hydroxylation is 1. The van der Waals surface area contributed by atoms with Crippen LogP contribution in [0.4, 0.5) is 26.3 Å². The lowest BCUT2D eigenvalue weighted by atomic mass is 9.99. The number of aromatic nitrogens is 2. The molecule has 0 atom stereocenters. The summed E-state index contributed by atoms with van der Waals surface area (Å²) >= 11 is 0. The molecule has 0 unspecified atom stereocenters. The fraction of sp³-hybridized carbons (Fsp3) is 0.300. The second kappa shape index (κ2) is 15.6. The van der Waals surface area contributed by atoms with Crippen LogP contribution in [0.2, 0.25) is 0 Å². The summed E-state index contributed by atoms with van der Waals surface area (Å²) in [4.78, 5) is 28.3. The maximum atomic E-state index is 13.7. The van der Waals surface area contributed by atoms with E-state index < -0.39 is 36.2 Å². The van der Waals surface area contributed by atoms with E-state index >= 15 is 0 Å². The molecule has 0 aliphatic carbocycles. The lowest BCUT2D eigenvalue weighted by Gasteiger charge is -2.15. The van der Waals surface area contributed by atoms with Crippen molar-refractivity contribution in [3.63, 3.8) is 0 Å². The first-order valence-corrected chi connectivity index (χ1v) is 12.6. The van der Waals surface area contributed by atoms with Gasteiger partial charge in [0.05, 0.1) is 0 Å². The van der Waals surface area contributed by atoms with Crippen LogP contribution in [-0.2, 0) is 24.3 Å². The average molecular weight is 580 g/mol. The third kappa shape index (κ3) is 10.7. The summed E-state index contributed by atoms with van der Waals surface area (Å²) in [6, 6.07) is 20.8. The van der Waals surface area contributed by atoms with Crippen molar-refractivity contribution in [2.45, 2.75) is 59.1 Å². The maximum absolute atomic E-state index is 13.7. The lowest BCUT2D eigenvalue weighted by Crippen LogP contribution is -2.38. The van der Waals surface area contributed by atoms with Crippen LogP contribution in [0, 0.1) is 0 Å². The van der Waals surface area contributed by atoms with Crippen LogP contribution < -0.4 is 5.32 Å². The molecule has 0 aliphatic heterocycles. The number of nitrogens with one attached hydrogen (secondary N) is 1. The van der Waals surface area contributed by atoms with Gasteiger partial charge >= 0.3 is 6.68 Å². The summed E-state index contributed by atoms with van der Waals surface area (Å²) in [6.07, 6.45) is 0.116. The van der Waals surface area contributed by atoms with E-state index in [-0.39, 0.29) is 18.5 Å². The zero-order valence-corrected chi connectivity index (χ0v) is 22.8. The third-order valence-electron chi connectivity index (χ3n) is 5.68. The molecule has 2 aromatic heterocycles. The van der Waals surface area contributed by atoms with Crippen LogP contribution >= 0.6 is 0 Å². The van der Waals surface area contributed by atoms with Gasteiger partial charge in [0.25, 0.3) is 12.3 Å². The molecule has 0 radical (unpaired) electrons. The minimum atomic E-state index is -3.67. The van der Waals surface area contributed by atoms with Crippen LogP contribution in [0.1, 0.15) is 54.4 Å². The molecular weight excluding hydrogens is 548 g/mol. The van der Waals surface area contributed by atoms with E-state index in [2.05, 4.69) is 14.9 Å². The second-order valence-electron chi connectivity index (χ2n) is 9.23. The number of ketones is 1. The topological polar surface area (TPSA) is 64.0 Å². The van der Waals surface area contributed by atoms with E-state index in [1.807, 2.05) is 67.7 Å². The highest BCUT2D eigenvalue weighted by Gasteiger charge is 2.26. The molecule has 0 spiro atoms. The number of alkyl halides is 6. The molecular formula is C30H31F6N3O2. The molecule has 0 saturated carbocycles. The van der Waals surface area contributed by atoms with E-state index in [9.17, 15) is 35.9 Å². The Morgan fingerprint density at radius 3 is 2.02 bits per heavy atom. The Balaban J connectivity index is 0.000000497. The summed E-state index contributed by atoms with van der Waals surface area (Å²) in [5, 5.41) is 3.34. The molecule has 4 rings (SSSR count). The van der Waals surface area contributed by atoms with Crippen molar-refractivity contribution in [3.8, 4) is 0 Å². The number of hydrogen-bond donors (Lipinski definition) is 1. The Morgan fingerprint density at radius 1 is 0.927 bits per heavy atom. The van der Waals surface area contributed by atoms with E-state index in [4.69, 9.17) is 0 Å². The quantitative estimate of drug-likeness (QED) is 0.172. The molecule has 1 N–H and O–H groups in total. The van der Waals surface area contributed by atoms with Crippen molar-refractivity contribution in [2.24, 2.45) is 0 Å². The number of hydrogen-bond acceptors (Lipinski definition) is 3. The first kappa shape index (κ1) is 33.1. The molecule has 0 fully saturated rings. The van der Waals surface area contributed by atoms with Crippen molar-refractivity contribution in [2.75, 3.05) is 0 Å². The zero-order valence-electron chi connectivity index (χ0n) is 22.8. The van der Waals surface area contributed by atoms with Crippen molar-refractivity contribution in [1.82, 2.24) is 14.9 Å². The predicted octanol–water partition coefficient (Wildman–Crippen LogP) is 7.65. The molecule has 41 heavy (non-hydrogen) atoms. The monoisotopic (exact) mass is 579 g/mol. The standard InChI is InChI=1S/C23H24F3N3O2.C6H6.CHF3/c1-4-29-8-7-16-9-14(5-6-18(16)29)11-19(30)17-10-15(12-27-20(17)21(24)25)13-28-22(31)23(2,3)26;1-2-4-6-5-3-1;2-1(3)4/h5-10,12,21H,4,11,13H2,1-3H3,(H,28,31);1-6H;1H. The SMILES string of the molecule is CCn1ccc2cc(CC(=O)c3cc(CNC(=O)C(C)(C)F)cnc3C(F)F)ccc21.FC(F)F.c1ccccc1. The fourth-order valence-electron chi connectivity index (χ4n) is 3.71. The largest absolute Gasteiger partial charge is 0.379 e. The molecule has 4 aromatic rings. The zero-order chi connectivity index (χ0) is 30.6. The Labute approximate surface area is 234 Å². The third-order valence-corrected chi connectivity index (χ3v) is 5.68. The number of carbonyl (C=O) groups is 2. The molecule has 2 heterocycles. The molecule has 11 heteroatoms. The van der Waals surface area contributed by atoms with Gasteiger partial charge in [0.2, 0.25) is 0 Å². The highest BCUT2D eigenvalue weighted by molar-refractivity contribution is 5.99. The molecule has 5 nitrogen and oxygen atoms in total. The van der Waals surface area contributed by atoms with Gasteiger partial charge in [0.15, 0.2) is 11.5 Å². The number of Topliss-reactive ketones (excluding diaryl/α,β-unsaturated/α-hetero) is 1. The van der Waals surface area contributed by atoms with Gasteiger partial charge in [-0.15, -0.1) is 0 Å². The van der Waals surface area contributed by atoms with E-state index in [0.717, 1.165) is 37.5 Å². The average Bonchev–Trinajstić information content (AvgIpc) is 3.34. The van der Waals surface area contributed by atoms with Gasteiger partial charge in [-0.25, -0.2) is 13.2 Å². The molecule has 0 saturated heterocycles. The maximum Gasteiger partial charge on any atom is 0.379 e. The number of halogens is 6. The minimum absolute atomic E-state index is 0.0675. The number of benzene rings is 2. The van der Waals surface area contributed by atoms with Crippen LogP contribution in [0.3, 0.4) is 0 Å². The Bertz CT molecular complexity index is 1370. The van der Waals surface area contributed by atoms with Crippen molar-refractivity contribution in [3.05, 3.63) is 102 Å². The lowest BCUT2D eigenvalue weighted by molar-refractivity contribution is -0.130. The molecule has 0 aliphatic rings. The van der Waals surface area contributed by atoms with Crippen molar-refractivity contribution in [1.29, 1.82) is 0 Å². The molecule has 1 amide bonds. The number of pyridine rings is 1. The number of amides is 1. The van der Waals surface area contributed by atoms with Crippen LogP contribution in [-0.4, -0.2) is 33.6 Å². The Hall–Kier alpha value is -4.15. The first-order chi connectivity index (χ1) is 19.3. The fourth-order valence-corrected chi connectivity index (χ4v) is 3.71. The summed E-state index contributed by atoms with van der Waals surface area (Å²) in [5.41, 5.74) is -0.825.